The number of carbonyl (C=O) groups is 3. The Morgan fingerprint density at radius 2 is 1.96 bits per heavy atom. The van der Waals surface area contributed by atoms with Crippen LogP contribution in [-0.4, -0.2) is 46.2 Å². The van der Waals surface area contributed by atoms with Crippen molar-refractivity contribution in [2.45, 2.75) is 19.0 Å². The molecule has 1 atom stereocenters. The highest BCUT2D eigenvalue weighted by Gasteiger charge is 2.49. The number of amides is 4. The molecule has 1 aromatic carbocycles. The van der Waals surface area contributed by atoms with Gasteiger partial charge in [0.15, 0.2) is 0 Å². The predicted molar refractivity (Wildman–Crippen MR) is 101 cm³/mol. The van der Waals surface area contributed by atoms with Gasteiger partial charge in [0.1, 0.15) is 12.1 Å². The third-order valence-corrected chi connectivity index (χ3v) is 5.48. The molecule has 1 N–H and O–H groups in total. The van der Waals surface area contributed by atoms with Crippen LogP contribution in [0.2, 0.25) is 0 Å². The molecule has 4 amide bonds. The minimum atomic E-state index is -1.39. The van der Waals surface area contributed by atoms with Gasteiger partial charge in [-0.25, -0.2) is 4.79 Å². The lowest BCUT2D eigenvalue weighted by atomic mass is 9.92. The second kappa shape index (κ2) is 7.39. The first kappa shape index (κ1) is 19.5. The van der Waals surface area contributed by atoms with Crippen LogP contribution < -0.4 is 5.32 Å². The second-order valence-electron chi connectivity index (χ2n) is 6.58. The van der Waals surface area contributed by atoms with E-state index in [1.165, 1.54) is 47.4 Å². The smallest absolute Gasteiger partial charge is 0.325 e. The van der Waals surface area contributed by atoms with Crippen molar-refractivity contribution < 1.29 is 19.3 Å². The van der Waals surface area contributed by atoms with E-state index in [0.29, 0.717) is 12.1 Å². The summed E-state index contributed by atoms with van der Waals surface area (Å²) in [5.74, 6) is -0.950. The van der Waals surface area contributed by atoms with E-state index in [4.69, 9.17) is 0 Å². The average Bonchev–Trinajstić information content (AvgIpc) is 3.24. The fourth-order valence-electron chi connectivity index (χ4n) is 2.93. The number of rotatable bonds is 6. The van der Waals surface area contributed by atoms with Crippen molar-refractivity contribution in [2.24, 2.45) is 0 Å². The lowest BCUT2D eigenvalue weighted by Crippen LogP contribution is -2.43. The van der Waals surface area contributed by atoms with Gasteiger partial charge in [0.2, 0.25) is 5.91 Å². The molecule has 1 saturated heterocycles. The monoisotopic (exact) mass is 402 g/mol. The van der Waals surface area contributed by atoms with Crippen LogP contribution in [0, 0.1) is 10.1 Å². The van der Waals surface area contributed by atoms with Gasteiger partial charge < -0.3 is 10.2 Å². The molecular formula is C18H18N4O5S. The first-order chi connectivity index (χ1) is 13.2. The van der Waals surface area contributed by atoms with Crippen molar-refractivity contribution in [1.29, 1.82) is 0 Å². The highest BCUT2D eigenvalue weighted by molar-refractivity contribution is 7.09. The van der Waals surface area contributed by atoms with Gasteiger partial charge in [0.05, 0.1) is 11.5 Å². The molecule has 3 rings (SSSR count). The summed E-state index contributed by atoms with van der Waals surface area (Å²) >= 11 is 1.51. The number of nitrogens with one attached hydrogen (secondary N) is 1. The lowest BCUT2D eigenvalue weighted by molar-refractivity contribution is -0.384. The van der Waals surface area contributed by atoms with Crippen LogP contribution >= 0.6 is 11.3 Å². The normalized spacial score (nSPS) is 18.9. The summed E-state index contributed by atoms with van der Waals surface area (Å²) in [5, 5.41) is 15.3. The number of nitrogens with zero attached hydrogens (tertiary/aromatic N) is 3. The molecule has 0 unspecified atom stereocenters. The molecular weight excluding hydrogens is 384 g/mol. The Balaban J connectivity index is 1.73. The van der Waals surface area contributed by atoms with E-state index < -0.39 is 22.4 Å². The summed E-state index contributed by atoms with van der Waals surface area (Å²) in [6.07, 6.45) is 0. The lowest BCUT2D eigenvalue weighted by Gasteiger charge is -2.23. The standard InChI is InChI=1S/C18H18N4O5S/c1-18(12-5-7-13(8-6-12)22(26)27)16(24)21(17(25)19-18)11-15(23)20(2)10-14-4-3-9-28-14/h3-9H,10-11H2,1-2H3,(H,19,25)/t18-/m1/s1. The number of carbonyl (C=O) groups excluding carboxylic acids is 3. The van der Waals surface area contributed by atoms with Crippen molar-refractivity contribution in [1.82, 2.24) is 15.1 Å². The fourth-order valence-corrected chi connectivity index (χ4v) is 3.69. The van der Waals surface area contributed by atoms with E-state index in [9.17, 15) is 24.5 Å². The quantitative estimate of drug-likeness (QED) is 0.452. The number of hydrogen-bond donors (Lipinski definition) is 1. The predicted octanol–water partition coefficient (Wildman–Crippen LogP) is 2.08. The van der Waals surface area contributed by atoms with Crippen LogP contribution in [0.1, 0.15) is 17.4 Å². The minimum absolute atomic E-state index is 0.119. The third kappa shape index (κ3) is 3.58. The topological polar surface area (TPSA) is 113 Å². The van der Waals surface area contributed by atoms with E-state index in [-0.39, 0.29) is 18.1 Å². The molecule has 0 radical (unpaired) electrons. The molecule has 9 nitrogen and oxygen atoms in total. The molecule has 0 spiro atoms. The molecule has 28 heavy (non-hydrogen) atoms. The summed E-state index contributed by atoms with van der Waals surface area (Å²) in [7, 11) is 1.61. The summed E-state index contributed by atoms with van der Waals surface area (Å²) in [4.78, 5) is 51.2. The van der Waals surface area contributed by atoms with E-state index >= 15 is 0 Å². The first-order valence-corrected chi connectivity index (χ1v) is 9.25. The van der Waals surface area contributed by atoms with Gasteiger partial charge in [-0.15, -0.1) is 11.3 Å². The zero-order chi connectivity index (χ0) is 20.5. The van der Waals surface area contributed by atoms with Crippen molar-refractivity contribution in [3.8, 4) is 0 Å². The molecule has 1 aromatic heterocycles. The number of thiophene rings is 1. The van der Waals surface area contributed by atoms with Crippen LogP contribution in [0.15, 0.2) is 41.8 Å². The molecule has 2 heterocycles. The van der Waals surface area contributed by atoms with Crippen LogP contribution in [0.5, 0.6) is 0 Å². The molecule has 10 heteroatoms. The third-order valence-electron chi connectivity index (χ3n) is 4.62. The number of urea groups is 1. The molecule has 1 aliphatic rings. The number of nitro groups is 1. The molecule has 1 fully saturated rings. The van der Waals surface area contributed by atoms with Crippen LogP contribution in [0.3, 0.4) is 0 Å². The van der Waals surface area contributed by atoms with Gasteiger partial charge in [-0.3, -0.25) is 24.6 Å². The number of hydrogen-bond acceptors (Lipinski definition) is 6. The highest BCUT2D eigenvalue weighted by Crippen LogP contribution is 2.30. The Kier molecular flexibility index (Phi) is 5.14. The maximum Gasteiger partial charge on any atom is 0.325 e. The summed E-state index contributed by atoms with van der Waals surface area (Å²) in [6, 6.07) is 8.48. The van der Waals surface area contributed by atoms with E-state index in [1.54, 1.807) is 7.05 Å². The van der Waals surface area contributed by atoms with Gasteiger partial charge >= 0.3 is 6.03 Å². The Bertz CT molecular complexity index is 928. The first-order valence-electron chi connectivity index (χ1n) is 8.38. The molecule has 1 aliphatic heterocycles. The maximum absolute atomic E-state index is 12.9. The Labute approximate surface area is 164 Å². The van der Waals surface area contributed by atoms with Crippen molar-refractivity contribution >= 4 is 34.9 Å². The maximum atomic E-state index is 12.9. The zero-order valence-electron chi connectivity index (χ0n) is 15.2. The highest BCUT2D eigenvalue weighted by atomic mass is 32.1. The Morgan fingerprint density at radius 1 is 1.29 bits per heavy atom. The van der Waals surface area contributed by atoms with Gasteiger partial charge in [0, 0.05) is 24.1 Å². The van der Waals surface area contributed by atoms with Gasteiger partial charge in [-0.2, -0.15) is 0 Å². The largest absolute Gasteiger partial charge is 0.339 e. The second-order valence-corrected chi connectivity index (χ2v) is 7.61. The number of nitro benzene ring substituents is 1. The van der Waals surface area contributed by atoms with E-state index in [2.05, 4.69) is 5.32 Å². The van der Waals surface area contributed by atoms with Gasteiger partial charge in [-0.05, 0) is 36.1 Å². The van der Waals surface area contributed by atoms with Crippen molar-refractivity contribution in [3.05, 3.63) is 62.3 Å². The zero-order valence-corrected chi connectivity index (χ0v) is 16.1. The van der Waals surface area contributed by atoms with Crippen LogP contribution in [0.25, 0.3) is 0 Å². The minimum Gasteiger partial charge on any atom is -0.339 e. The SMILES string of the molecule is CN(Cc1cccs1)C(=O)CN1C(=O)N[C@](C)(c2ccc([N+](=O)[O-])cc2)C1=O. The number of likely N-dealkylation sites (N-methyl/N-ethyl adjacent to an activating group) is 1. The fraction of sp³-hybridized carbons (Fsp3) is 0.278. The van der Waals surface area contributed by atoms with Crippen molar-refractivity contribution in [3.63, 3.8) is 0 Å². The molecule has 0 saturated carbocycles. The van der Waals surface area contributed by atoms with E-state index in [0.717, 1.165) is 9.78 Å². The van der Waals surface area contributed by atoms with Crippen LogP contribution in [-0.2, 0) is 21.7 Å². The molecule has 0 aliphatic carbocycles. The van der Waals surface area contributed by atoms with Gasteiger partial charge in [-0.1, -0.05) is 6.07 Å². The van der Waals surface area contributed by atoms with Gasteiger partial charge in [0.25, 0.3) is 11.6 Å². The number of imide groups is 1. The van der Waals surface area contributed by atoms with Crippen molar-refractivity contribution in [2.75, 3.05) is 13.6 Å². The molecule has 2 aromatic rings. The number of non-ortho nitro benzene ring substituents is 1. The van der Waals surface area contributed by atoms with Crippen LogP contribution in [0.4, 0.5) is 10.5 Å². The average molecular weight is 402 g/mol. The van der Waals surface area contributed by atoms with E-state index in [1.807, 2.05) is 17.5 Å². The summed E-state index contributed by atoms with van der Waals surface area (Å²) in [6.45, 7) is 1.52. The molecule has 146 valence electrons. The number of benzene rings is 1. The summed E-state index contributed by atoms with van der Waals surface area (Å²) < 4.78 is 0. The Morgan fingerprint density at radius 3 is 2.54 bits per heavy atom. The summed E-state index contributed by atoms with van der Waals surface area (Å²) in [5.41, 5.74) is -1.11. The Hall–Kier alpha value is -3.27. The molecule has 0 bridgehead atoms.